The molecule has 1 aliphatic rings. The Labute approximate surface area is 120 Å². The molecule has 0 amide bonds. The third-order valence-electron chi connectivity index (χ3n) is 3.50. The van der Waals surface area contributed by atoms with Gasteiger partial charge in [0, 0.05) is 18.1 Å². The van der Waals surface area contributed by atoms with Gasteiger partial charge in [0.15, 0.2) is 0 Å². The van der Waals surface area contributed by atoms with Gasteiger partial charge in [0.05, 0.1) is 24.0 Å². The molecule has 100 valence electrons. The fraction of sp³-hybridized carbons (Fsp3) is 0.357. The first-order valence-corrected chi connectivity index (χ1v) is 7.12. The second kappa shape index (κ2) is 5.45. The molecule has 3 rings (SSSR count). The van der Waals surface area contributed by atoms with Gasteiger partial charge in [-0.25, -0.2) is 4.98 Å². The lowest BCUT2D eigenvalue weighted by Gasteiger charge is -2.06. The van der Waals surface area contributed by atoms with Crippen molar-refractivity contribution in [2.45, 2.75) is 18.6 Å². The van der Waals surface area contributed by atoms with Gasteiger partial charge in [0.1, 0.15) is 5.82 Å². The highest BCUT2D eigenvalue weighted by Crippen LogP contribution is 2.25. The van der Waals surface area contributed by atoms with Gasteiger partial charge in [-0.2, -0.15) is 0 Å². The van der Waals surface area contributed by atoms with E-state index in [0.717, 1.165) is 34.5 Å². The van der Waals surface area contributed by atoms with Crippen molar-refractivity contribution < 1.29 is 4.74 Å². The molecule has 0 unspecified atom stereocenters. The molecule has 0 radical (unpaired) electrons. The summed E-state index contributed by atoms with van der Waals surface area (Å²) in [5, 5.41) is 3.42. The lowest BCUT2D eigenvalue weighted by Crippen LogP contribution is -2.16. The second-order valence-corrected chi connectivity index (χ2v) is 5.66. The maximum absolute atomic E-state index is 5.36. The first-order chi connectivity index (χ1) is 9.26. The fourth-order valence-corrected chi connectivity index (χ4v) is 2.65. The van der Waals surface area contributed by atoms with E-state index in [9.17, 15) is 0 Å². The number of aromatic nitrogens is 2. The van der Waals surface area contributed by atoms with Crippen LogP contribution < -0.4 is 5.32 Å². The molecule has 2 heterocycles. The van der Waals surface area contributed by atoms with E-state index in [2.05, 4.69) is 43.3 Å². The molecule has 1 aromatic carbocycles. The molecular weight excluding hydrogens is 306 g/mol. The SMILES string of the molecule is CO[C@@H]1CN[C@H](c2ncc(-c3ccc(Br)cc3)[nH]2)C1. The first-order valence-electron chi connectivity index (χ1n) is 6.33. The van der Waals surface area contributed by atoms with Crippen LogP contribution in [-0.4, -0.2) is 29.7 Å². The van der Waals surface area contributed by atoms with Crippen LogP contribution >= 0.6 is 15.9 Å². The number of imidazole rings is 1. The molecule has 2 N–H and O–H groups in total. The predicted molar refractivity (Wildman–Crippen MR) is 77.9 cm³/mol. The molecule has 5 heteroatoms. The number of benzene rings is 1. The number of ether oxygens (including phenoxy) is 1. The number of halogens is 1. The minimum Gasteiger partial charge on any atom is -0.380 e. The molecule has 1 fully saturated rings. The van der Waals surface area contributed by atoms with Gasteiger partial charge in [-0.1, -0.05) is 28.1 Å². The van der Waals surface area contributed by atoms with Crippen molar-refractivity contribution in [1.82, 2.24) is 15.3 Å². The summed E-state index contributed by atoms with van der Waals surface area (Å²) >= 11 is 3.44. The van der Waals surface area contributed by atoms with Crippen LogP contribution in [0.2, 0.25) is 0 Å². The molecular formula is C14H16BrN3O. The van der Waals surface area contributed by atoms with Crippen molar-refractivity contribution in [3.8, 4) is 11.3 Å². The number of methoxy groups -OCH3 is 1. The third kappa shape index (κ3) is 2.73. The van der Waals surface area contributed by atoms with Crippen molar-refractivity contribution in [1.29, 1.82) is 0 Å². The van der Waals surface area contributed by atoms with E-state index < -0.39 is 0 Å². The van der Waals surface area contributed by atoms with E-state index in [4.69, 9.17) is 4.74 Å². The Morgan fingerprint density at radius 2 is 2.11 bits per heavy atom. The van der Waals surface area contributed by atoms with Crippen LogP contribution in [0, 0.1) is 0 Å². The molecule has 0 aliphatic carbocycles. The molecule has 2 atom stereocenters. The average molecular weight is 322 g/mol. The van der Waals surface area contributed by atoms with E-state index >= 15 is 0 Å². The van der Waals surface area contributed by atoms with E-state index in [1.54, 1.807) is 7.11 Å². The Hall–Kier alpha value is -1.17. The number of H-pyrrole nitrogens is 1. The molecule has 0 saturated carbocycles. The number of nitrogens with zero attached hydrogens (tertiary/aromatic N) is 1. The summed E-state index contributed by atoms with van der Waals surface area (Å²) in [5.74, 6) is 0.984. The van der Waals surface area contributed by atoms with Gasteiger partial charge >= 0.3 is 0 Å². The molecule has 0 spiro atoms. The largest absolute Gasteiger partial charge is 0.380 e. The Balaban J connectivity index is 1.78. The topological polar surface area (TPSA) is 49.9 Å². The van der Waals surface area contributed by atoms with E-state index in [0.29, 0.717) is 0 Å². The Morgan fingerprint density at radius 3 is 2.79 bits per heavy atom. The summed E-state index contributed by atoms with van der Waals surface area (Å²) < 4.78 is 6.44. The Kier molecular flexibility index (Phi) is 3.68. The molecule has 0 bridgehead atoms. The van der Waals surface area contributed by atoms with Crippen LogP contribution in [0.1, 0.15) is 18.3 Å². The quantitative estimate of drug-likeness (QED) is 0.913. The van der Waals surface area contributed by atoms with Crippen LogP contribution in [0.15, 0.2) is 34.9 Å². The molecule has 2 aromatic rings. The summed E-state index contributed by atoms with van der Waals surface area (Å²) in [6, 6.07) is 8.46. The van der Waals surface area contributed by atoms with Gasteiger partial charge in [0.2, 0.25) is 0 Å². The Bertz CT molecular complexity index is 552. The zero-order valence-corrected chi connectivity index (χ0v) is 12.3. The van der Waals surface area contributed by atoms with Crippen molar-refractivity contribution in [3.63, 3.8) is 0 Å². The van der Waals surface area contributed by atoms with Gasteiger partial charge in [-0.3, -0.25) is 0 Å². The Morgan fingerprint density at radius 1 is 1.32 bits per heavy atom. The standard InChI is InChI=1S/C14H16BrN3O/c1-19-11-6-12(16-7-11)14-17-8-13(18-14)9-2-4-10(15)5-3-9/h2-5,8,11-12,16H,6-7H2,1H3,(H,17,18)/t11-,12-/m0/s1. The zero-order chi connectivity index (χ0) is 13.2. The highest BCUT2D eigenvalue weighted by atomic mass is 79.9. The fourth-order valence-electron chi connectivity index (χ4n) is 2.38. The van der Waals surface area contributed by atoms with E-state index in [1.807, 2.05) is 18.3 Å². The van der Waals surface area contributed by atoms with Crippen LogP contribution in [-0.2, 0) is 4.74 Å². The molecule has 19 heavy (non-hydrogen) atoms. The van der Waals surface area contributed by atoms with Gasteiger partial charge in [-0.15, -0.1) is 0 Å². The lowest BCUT2D eigenvalue weighted by molar-refractivity contribution is 0.117. The summed E-state index contributed by atoms with van der Waals surface area (Å²) in [6.45, 7) is 0.884. The van der Waals surface area contributed by atoms with Crippen molar-refractivity contribution in [3.05, 3.63) is 40.8 Å². The number of aromatic amines is 1. The van der Waals surface area contributed by atoms with Crippen LogP contribution in [0.25, 0.3) is 11.3 Å². The van der Waals surface area contributed by atoms with E-state index in [-0.39, 0.29) is 12.1 Å². The van der Waals surface area contributed by atoms with Crippen LogP contribution in [0.4, 0.5) is 0 Å². The van der Waals surface area contributed by atoms with Crippen molar-refractivity contribution >= 4 is 15.9 Å². The first kappa shape index (κ1) is 12.8. The molecule has 1 aliphatic heterocycles. The summed E-state index contributed by atoms with van der Waals surface area (Å²) in [6.07, 6.45) is 3.13. The minimum atomic E-state index is 0.258. The minimum absolute atomic E-state index is 0.258. The van der Waals surface area contributed by atoms with Gasteiger partial charge in [-0.05, 0) is 24.1 Å². The zero-order valence-electron chi connectivity index (χ0n) is 10.7. The second-order valence-electron chi connectivity index (χ2n) is 4.74. The number of hydrogen-bond acceptors (Lipinski definition) is 3. The number of rotatable bonds is 3. The molecule has 1 aromatic heterocycles. The van der Waals surface area contributed by atoms with Crippen LogP contribution in [0.5, 0.6) is 0 Å². The van der Waals surface area contributed by atoms with Gasteiger partial charge in [0.25, 0.3) is 0 Å². The van der Waals surface area contributed by atoms with Crippen molar-refractivity contribution in [2.24, 2.45) is 0 Å². The van der Waals surface area contributed by atoms with E-state index in [1.165, 1.54) is 0 Å². The lowest BCUT2D eigenvalue weighted by atomic mass is 10.2. The van der Waals surface area contributed by atoms with Crippen LogP contribution in [0.3, 0.4) is 0 Å². The third-order valence-corrected chi connectivity index (χ3v) is 4.03. The summed E-state index contributed by atoms with van der Waals surface area (Å²) in [5.41, 5.74) is 2.19. The average Bonchev–Trinajstić information content (AvgIpc) is 3.08. The maximum atomic E-state index is 5.36. The normalized spacial score (nSPS) is 22.8. The smallest absolute Gasteiger partial charge is 0.123 e. The summed E-state index contributed by atoms with van der Waals surface area (Å²) in [7, 11) is 1.75. The molecule has 1 saturated heterocycles. The highest BCUT2D eigenvalue weighted by Gasteiger charge is 2.27. The maximum Gasteiger partial charge on any atom is 0.123 e. The van der Waals surface area contributed by atoms with Gasteiger partial charge < -0.3 is 15.0 Å². The number of nitrogens with one attached hydrogen (secondary N) is 2. The predicted octanol–water partition coefficient (Wildman–Crippen LogP) is 2.89. The summed E-state index contributed by atoms with van der Waals surface area (Å²) in [4.78, 5) is 7.87. The number of hydrogen-bond donors (Lipinski definition) is 2. The highest BCUT2D eigenvalue weighted by molar-refractivity contribution is 9.10. The monoisotopic (exact) mass is 321 g/mol. The van der Waals surface area contributed by atoms with Crippen molar-refractivity contribution in [2.75, 3.05) is 13.7 Å². The molecule has 4 nitrogen and oxygen atoms in total.